The largest absolute Gasteiger partial charge is 0.368 e. The van der Waals surface area contributed by atoms with Gasteiger partial charge in [0.05, 0.1) is 17.4 Å². The van der Waals surface area contributed by atoms with Crippen molar-refractivity contribution in [2.75, 3.05) is 36.4 Å². The van der Waals surface area contributed by atoms with Crippen molar-refractivity contribution in [1.29, 1.82) is 0 Å². The number of fused-ring (bicyclic) bond motifs is 3. The molecule has 6 rings (SSSR count). The number of piperazine rings is 1. The van der Waals surface area contributed by atoms with E-state index in [4.69, 9.17) is 4.98 Å². The third-order valence-electron chi connectivity index (χ3n) is 6.93. The molecule has 1 aromatic carbocycles. The molecule has 4 aromatic rings. The van der Waals surface area contributed by atoms with Crippen molar-refractivity contribution >= 4 is 39.3 Å². The van der Waals surface area contributed by atoms with Crippen LogP contribution in [0.5, 0.6) is 0 Å². The summed E-state index contributed by atoms with van der Waals surface area (Å²) >= 11 is 0. The monoisotopic (exact) mass is 427 g/mol. The van der Waals surface area contributed by atoms with Crippen LogP contribution >= 0.6 is 0 Å². The summed E-state index contributed by atoms with van der Waals surface area (Å²) in [5.41, 5.74) is 4.64. The third-order valence-corrected chi connectivity index (χ3v) is 6.93. The number of aromatic nitrogens is 4. The molecule has 1 aliphatic carbocycles. The Bertz CT molecular complexity index is 1270. The number of rotatable bonds is 4. The first-order chi connectivity index (χ1) is 15.8. The van der Waals surface area contributed by atoms with Crippen LogP contribution in [0.15, 0.2) is 42.9 Å². The molecular weight excluding hydrogens is 398 g/mol. The fourth-order valence-electron chi connectivity index (χ4n) is 5.25. The molecule has 2 N–H and O–H groups in total. The second-order valence-corrected chi connectivity index (χ2v) is 9.01. The summed E-state index contributed by atoms with van der Waals surface area (Å²) in [4.78, 5) is 16.6. The van der Waals surface area contributed by atoms with Crippen LogP contribution in [0.2, 0.25) is 0 Å². The Labute approximate surface area is 187 Å². The molecule has 1 saturated heterocycles. The van der Waals surface area contributed by atoms with Gasteiger partial charge in [-0.15, -0.1) is 0 Å². The zero-order valence-electron chi connectivity index (χ0n) is 18.5. The van der Waals surface area contributed by atoms with E-state index >= 15 is 0 Å². The second kappa shape index (κ2) is 8.06. The molecule has 1 saturated carbocycles. The van der Waals surface area contributed by atoms with E-state index in [-0.39, 0.29) is 0 Å². The number of benzene rings is 1. The molecule has 0 amide bonds. The summed E-state index contributed by atoms with van der Waals surface area (Å²) < 4.78 is 2.44. The van der Waals surface area contributed by atoms with Crippen molar-refractivity contribution < 1.29 is 0 Å². The van der Waals surface area contributed by atoms with E-state index in [9.17, 15) is 0 Å². The number of hydrogen-bond donors (Lipinski definition) is 2. The van der Waals surface area contributed by atoms with Crippen LogP contribution < -0.4 is 15.5 Å². The van der Waals surface area contributed by atoms with Crippen molar-refractivity contribution in [3.63, 3.8) is 0 Å². The van der Waals surface area contributed by atoms with Gasteiger partial charge in [-0.05, 0) is 37.5 Å². The summed E-state index contributed by atoms with van der Waals surface area (Å²) in [5.74, 6) is 1.37. The lowest BCUT2D eigenvalue weighted by molar-refractivity contribution is 0.536. The van der Waals surface area contributed by atoms with E-state index in [1.165, 1.54) is 47.8 Å². The maximum Gasteiger partial charge on any atom is 0.228 e. The molecule has 0 unspecified atom stereocenters. The Balaban J connectivity index is 1.34. The fourth-order valence-corrected chi connectivity index (χ4v) is 5.25. The Morgan fingerprint density at radius 2 is 1.81 bits per heavy atom. The summed E-state index contributed by atoms with van der Waals surface area (Å²) in [6.45, 7) is 6.20. The molecule has 7 heteroatoms. The summed E-state index contributed by atoms with van der Waals surface area (Å²) in [5, 5.41) is 9.05. The van der Waals surface area contributed by atoms with Crippen LogP contribution in [-0.4, -0.2) is 45.7 Å². The van der Waals surface area contributed by atoms with Crippen LogP contribution in [-0.2, 0) is 0 Å². The molecule has 3 aromatic heterocycles. The molecule has 1 aliphatic heterocycles. The average Bonchev–Trinajstić information content (AvgIpc) is 3.50. The van der Waals surface area contributed by atoms with E-state index in [1.807, 2.05) is 12.4 Å². The number of nitrogens with zero attached hydrogens (tertiary/aromatic N) is 5. The Morgan fingerprint density at radius 1 is 1.00 bits per heavy atom. The van der Waals surface area contributed by atoms with Crippen LogP contribution in [0.1, 0.15) is 37.3 Å². The normalized spacial score (nSPS) is 17.5. The van der Waals surface area contributed by atoms with Gasteiger partial charge in [0.2, 0.25) is 5.95 Å². The maximum atomic E-state index is 4.94. The average molecular weight is 428 g/mol. The SMILES string of the molecule is Cc1cc(Nc2ncc3ccc4ccn(C5CCCC5)c4c3n2)ncc1N1CCNCC1. The van der Waals surface area contributed by atoms with E-state index in [1.54, 1.807) is 0 Å². The molecule has 32 heavy (non-hydrogen) atoms. The zero-order chi connectivity index (χ0) is 21.5. The van der Waals surface area contributed by atoms with Crippen LogP contribution in [0.3, 0.4) is 0 Å². The summed E-state index contributed by atoms with van der Waals surface area (Å²) in [7, 11) is 0. The van der Waals surface area contributed by atoms with Crippen molar-refractivity contribution in [2.24, 2.45) is 0 Å². The van der Waals surface area contributed by atoms with E-state index in [0.717, 1.165) is 42.9 Å². The van der Waals surface area contributed by atoms with Crippen molar-refractivity contribution in [2.45, 2.75) is 38.6 Å². The lowest BCUT2D eigenvalue weighted by atomic mass is 10.1. The van der Waals surface area contributed by atoms with E-state index in [2.05, 4.69) is 67.5 Å². The van der Waals surface area contributed by atoms with Gasteiger partial charge in [-0.2, -0.15) is 0 Å². The highest BCUT2D eigenvalue weighted by Gasteiger charge is 2.20. The van der Waals surface area contributed by atoms with Crippen molar-refractivity contribution in [1.82, 2.24) is 24.8 Å². The topological polar surface area (TPSA) is 70.9 Å². The first-order valence-corrected chi connectivity index (χ1v) is 11.7. The number of anilines is 3. The number of nitrogens with one attached hydrogen (secondary N) is 2. The van der Waals surface area contributed by atoms with Gasteiger partial charge in [0.15, 0.2) is 0 Å². The minimum Gasteiger partial charge on any atom is -0.368 e. The Kier molecular flexibility index (Phi) is 4.91. The molecule has 0 atom stereocenters. The zero-order valence-corrected chi connectivity index (χ0v) is 18.5. The van der Waals surface area contributed by atoms with Gasteiger partial charge < -0.3 is 20.1 Å². The lowest BCUT2D eigenvalue weighted by Crippen LogP contribution is -2.43. The van der Waals surface area contributed by atoms with Gasteiger partial charge in [-0.3, -0.25) is 0 Å². The van der Waals surface area contributed by atoms with Gasteiger partial charge in [0, 0.05) is 55.4 Å². The summed E-state index contributed by atoms with van der Waals surface area (Å²) in [6.07, 6.45) is 11.2. The molecule has 2 fully saturated rings. The molecule has 164 valence electrons. The Hall–Kier alpha value is -3.19. The maximum absolute atomic E-state index is 4.94. The van der Waals surface area contributed by atoms with Crippen LogP contribution in [0.4, 0.5) is 17.5 Å². The first-order valence-electron chi connectivity index (χ1n) is 11.7. The van der Waals surface area contributed by atoms with Crippen LogP contribution in [0.25, 0.3) is 21.8 Å². The van der Waals surface area contributed by atoms with Crippen molar-refractivity contribution in [3.05, 3.63) is 48.4 Å². The third kappa shape index (κ3) is 3.46. The minimum atomic E-state index is 0.575. The molecule has 0 bridgehead atoms. The molecule has 2 aliphatic rings. The molecule has 0 spiro atoms. The highest BCUT2D eigenvalue weighted by atomic mass is 15.2. The summed E-state index contributed by atoms with van der Waals surface area (Å²) in [6, 6.07) is 9.17. The van der Waals surface area contributed by atoms with Gasteiger partial charge in [-0.25, -0.2) is 15.0 Å². The molecular formula is C25H29N7. The predicted molar refractivity (Wildman–Crippen MR) is 130 cm³/mol. The quantitative estimate of drug-likeness (QED) is 0.498. The second-order valence-electron chi connectivity index (χ2n) is 9.01. The lowest BCUT2D eigenvalue weighted by Gasteiger charge is -2.30. The molecule has 0 radical (unpaired) electrons. The van der Waals surface area contributed by atoms with Gasteiger partial charge in [-0.1, -0.05) is 25.0 Å². The smallest absolute Gasteiger partial charge is 0.228 e. The fraction of sp³-hybridized carbons (Fsp3) is 0.400. The standard InChI is InChI=1S/C25H29N7/c1-17-14-22(27-16-21(17)31-12-9-26-10-13-31)29-25-28-15-19-7-6-18-8-11-32(20-4-2-3-5-20)24(18)23(19)30-25/h6-8,11,14-16,20,26H,2-5,9-10,12-13H2,1H3,(H,27,28,29,30). The van der Waals surface area contributed by atoms with Crippen molar-refractivity contribution in [3.8, 4) is 0 Å². The van der Waals surface area contributed by atoms with Gasteiger partial charge >= 0.3 is 0 Å². The van der Waals surface area contributed by atoms with Crippen LogP contribution in [0, 0.1) is 6.92 Å². The highest BCUT2D eigenvalue weighted by molar-refractivity contribution is 6.03. The number of aryl methyl sites for hydroxylation is 1. The first kappa shape index (κ1) is 19.5. The predicted octanol–water partition coefficient (Wildman–Crippen LogP) is 4.56. The van der Waals surface area contributed by atoms with Gasteiger partial charge in [0.25, 0.3) is 0 Å². The number of pyridine rings is 1. The molecule has 4 heterocycles. The van der Waals surface area contributed by atoms with Gasteiger partial charge in [0.1, 0.15) is 11.3 Å². The molecule has 7 nitrogen and oxygen atoms in total. The Morgan fingerprint density at radius 3 is 2.62 bits per heavy atom. The number of hydrogen-bond acceptors (Lipinski definition) is 6. The van der Waals surface area contributed by atoms with E-state index < -0.39 is 0 Å². The minimum absolute atomic E-state index is 0.575. The highest BCUT2D eigenvalue weighted by Crippen LogP contribution is 2.35. The van der Waals surface area contributed by atoms with E-state index in [0.29, 0.717) is 12.0 Å².